The molecule has 0 saturated carbocycles. The first-order chi connectivity index (χ1) is 21.4. The first-order valence-corrected chi connectivity index (χ1v) is 19.2. The Balaban J connectivity index is 1.88. The molecule has 0 aliphatic carbocycles. The number of carbonyl (C=O) groups is 2. The summed E-state index contributed by atoms with van der Waals surface area (Å²) >= 11 is 12.7. The first-order valence-electron chi connectivity index (χ1n) is 15.1. The maximum atomic E-state index is 14.9. The van der Waals surface area contributed by atoms with Crippen molar-refractivity contribution in [2.75, 3.05) is 5.75 Å². The third-order valence-corrected chi connectivity index (χ3v) is 13.0. The number of nitrogens with zero attached hydrogens (tertiary/aromatic N) is 1. The molecule has 2 amide bonds. The summed E-state index contributed by atoms with van der Waals surface area (Å²) in [6.45, 7) is 8.98. The van der Waals surface area contributed by atoms with Crippen LogP contribution in [0.5, 0.6) is 0 Å². The number of nitrogens with one attached hydrogen (secondary N) is 2. The monoisotopic (exact) mass is 705 g/mol. The lowest BCUT2D eigenvalue weighted by Gasteiger charge is -2.53. The number of amides is 2. The molecule has 248 valence electrons. The van der Waals surface area contributed by atoms with Gasteiger partial charge in [0, 0.05) is 43.4 Å². The molecule has 1 fully saturated rings. The molecule has 1 saturated heterocycles. The summed E-state index contributed by atoms with van der Waals surface area (Å²) in [4.78, 5) is 30.0. The minimum Gasteiger partial charge on any atom is -0.330 e. The fourth-order valence-electron chi connectivity index (χ4n) is 6.15. The van der Waals surface area contributed by atoms with E-state index in [1.807, 2.05) is 44.2 Å². The molecule has 5 atom stereocenters. The Morgan fingerprint density at radius 2 is 1.57 bits per heavy atom. The molecule has 4 rings (SSSR count). The summed E-state index contributed by atoms with van der Waals surface area (Å²) in [7, 11) is -7.30. The summed E-state index contributed by atoms with van der Waals surface area (Å²) in [6, 6.07) is 20.9. The van der Waals surface area contributed by atoms with E-state index < -0.39 is 60.7 Å². The molecule has 2 N–H and O–H groups in total. The second kappa shape index (κ2) is 14.1. The zero-order valence-electron chi connectivity index (χ0n) is 26.6. The SMILES string of the molecule is CC(C)[C@@H](CS(=N)(=O)C(C)C)N1C(=O)[C@@](C)(CC(=O)NS(=O)(=O)c2ccccc2)C[C@H](c2cccc(Cl)c2)[C@H]1c1ccc(Cl)cc1. The zero-order valence-corrected chi connectivity index (χ0v) is 29.7. The van der Waals surface area contributed by atoms with Crippen LogP contribution in [-0.2, 0) is 29.3 Å². The molecular weight excluding hydrogens is 665 g/mol. The van der Waals surface area contributed by atoms with Gasteiger partial charge in [-0.2, -0.15) is 0 Å². The number of rotatable bonds is 11. The van der Waals surface area contributed by atoms with Gasteiger partial charge in [-0.15, -0.1) is 0 Å². The maximum Gasteiger partial charge on any atom is 0.264 e. The lowest BCUT2D eigenvalue weighted by molar-refractivity contribution is -0.157. The van der Waals surface area contributed by atoms with Crippen molar-refractivity contribution in [3.05, 3.63) is 100 Å². The Hall–Kier alpha value is -2.92. The Morgan fingerprint density at radius 3 is 2.13 bits per heavy atom. The van der Waals surface area contributed by atoms with E-state index in [0.717, 1.165) is 11.1 Å². The molecular formula is C34H41Cl2N3O5S2. The van der Waals surface area contributed by atoms with E-state index >= 15 is 0 Å². The van der Waals surface area contributed by atoms with Crippen molar-refractivity contribution in [2.24, 2.45) is 11.3 Å². The van der Waals surface area contributed by atoms with Crippen molar-refractivity contribution >= 4 is 54.8 Å². The zero-order chi connectivity index (χ0) is 34.0. The fraction of sp³-hybridized carbons (Fsp3) is 0.412. The average Bonchev–Trinajstić information content (AvgIpc) is 2.98. The van der Waals surface area contributed by atoms with Crippen LogP contribution >= 0.6 is 23.2 Å². The van der Waals surface area contributed by atoms with E-state index in [1.165, 1.54) is 12.1 Å². The number of likely N-dealkylation sites (tertiary alicyclic amines) is 1. The van der Waals surface area contributed by atoms with Crippen LogP contribution in [-0.4, -0.2) is 46.4 Å². The van der Waals surface area contributed by atoms with Gasteiger partial charge in [0.2, 0.25) is 11.8 Å². The van der Waals surface area contributed by atoms with Gasteiger partial charge >= 0.3 is 0 Å². The summed E-state index contributed by atoms with van der Waals surface area (Å²) < 4.78 is 50.6. The van der Waals surface area contributed by atoms with Gasteiger partial charge in [-0.25, -0.2) is 17.3 Å². The minimum atomic E-state index is -4.18. The van der Waals surface area contributed by atoms with E-state index in [0.29, 0.717) is 10.0 Å². The van der Waals surface area contributed by atoms with Crippen LogP contribution in [0, 0.1) is 16.1 Å². The topological polar surface area (TPSA) is 124 Å². The number of sulfonamides is 1. The molecule has 1 aliphatic heterocycles. The molecule has 0 radical (unpaired) electrons. The number of piperidine rings is 1. The van der Waals surface area contributed by atoms with Gasteiger partial charge in [0.05, 0.1) is 22.1 Å². The van der Waals surface area contributed by atoms with Gasteiger partial charge in [0.25, 0.3) is 10.0 Å². The molecule has 3 aromatic rings. The van der Waals surface area contributed by atoms with Gasteiger partial charge in [-0.3, -0.25) is 14.4 Å². The second-order valence-corrected chi connectivity index (χ2v) is 18.2. The van der Waals surface area contributed by atoms with Gasteiger partial charge in [-0.1, -0.05) is 100 Å². The van der Waals surface area contributed by atoms with Crippen LogP contribution in [0.4, 0.5) is 0 Å². The van der Waals surface area contributed by atoms with Crippen LogP contribution < -0.4 is 4.72 Å². The van der Waals surface area contributed by atoms with Crippen LogP contribution in [0.2, 0.25) is 10.0 Å². The van der Waals surface area contributed by atoms with E-state index in [-0.39, 0.29) is 28.9 Å². The molecule has 0 spiro atoms. The van der Waals surface area contributed by atoms with Gasteiger partial charge in [-0.05, 0) is 59.9 Å². The number of hydrogen-bond donors (Lipinski definition) is 2. The summed E-state index contributed by atoms with van der Waals surface area (Å²) in [5.74, 6) is -1.87. The maximum absolute atomic E-state index is 14.9. The minimum absolute atomic E-state index is 0.0644. The van der Waals surface area contributed by atoms with Crippen molar-refractivity contribution in [3.63, 3.8) is 0 Å². The summed E-state index contributed by atoms with van der Waals surface area (Å²) in [5, 5.41) is 0.567. The second-order valence-electron chi connectivity index (χ2n) is 12.9. The highest BCUT2D eigenvalue weighted by Gasteiger charge is 2.53. The van der Waals surface area contributed by atoms with Gasteiger partial charge in [0.1, 0.15) is 0 Å². The van der Waals surface area contributed by atoms with Crippen molar-refractivity contribution in [1.82, 2.24) is 9.62 Å². The Bertz CT molecular complexity index is 1780. The van der Waals surface area contributed by atoms with E-state index in [4.69, 9.17) is 28.0 Å². The molecule has 1 aliphatic rings. The highest BCUT2D eigenvalue weighted by atomic mass is 35.5. The number of hydrogen-bond acceptors (Lipinski definition) is 6. The average molecular weight is 707 g/mol. The quantitative estimate of drug-likeness (QED) is 0.215. The standard InChI is InChI=1S/C34H41Cl2N3O5S2/c1-22(2)30(21-45(37,42)23(3)4)39-32(24-14-16-26(35)17-15-24)29(25-10-9-11-27(36)18-25)19-34(5,33(39)41)20-31(40)38-46(43,44)28-12-7-6-8-13-28/h6-18,22-23,29-30,32,37H,19-21H2,1-5H3,(H,38,40)/t29-,30-,32-,34-,45?/m1/s1. The lowest BCUT2D eigenvalue weighted by Crippen LogP contribution is -2.59. The molecule has 8 nitrogen and oxygen atoms in total. The summed E-state index contributed by atoms with van der Waals surface area (Å²) in [5.41, 5.74) is 0.249. The predicted octanol–water partition coefficient (Wildman–Crippen LogP) is 7.43. The first kappa shape index (κ1) is 35.9. The van der Waals surface area contributed by atoms with Crippen LogP contribution in [0.3, 0.4) is 0 Å². The van der Waals surface area contributed by atoms with E-state index in [1.54, 1.807) is 62.1 Å². The summed E-state index contributed by atoms with van der Waals surface area (Å²) in [6.07, 6.45) is -0.218. The number of halogens is 2. The smallest absolute Gasteiger partial charge is 0.264 e. The largest absolute Gasteiger partial charge is 0.330 e. The van der Waals surface area contributed by atoms with Crippen LogP contribution in [0.15, 0.2) is 83.8 Å². The molecule has 1 heterocycles. The Morgan fingerprint density at radius 1 is 0.935 bits per heavy atom. The molecule has 1 unspecified atom stereocenters. The molecule has 0 bridgehead atoms. The van der Waals surface area contributed by atoms with Crippen molar-refractivity contribution < 1.29 is 22.2 Å². The van der Waals surface area contributed by atoms with E-state index in [9.17, 15) is 22.2 Å². The van der Waals surface area contributed by atoms with Crippen LogP contribution in [0.1, 0.15) is 70.5 Å². The molecule has 12 heteroatoms. The predicted molar refractivity (Wildman–Crippen MR) is 184 cm³/mol. The Kier molecular flexibility index (Phi) is 11.0. The normalized spacial score (nSPS) is 22.5. The van der Waals surface area contributed by atoms with Gasteiger partial charge in [0.15, 0.2) is 0 Å². The van der Waals surface area contributed by atoms with Gasteiger partial charge < -0.3 is 4.90 Å². The Labute approximate surface area is 282 Å². The van der Waals surface area contributed by atoms with E-state index in [2.05, 4.69) is 4.72 Å². The van der Waals surface area contributed by atoms with Crippen molar-refractivity contribution in [1.29, 1.82) is 4.78 Å². The number of carbonyl (C=O) groups excluding carboxylic acids is 2. The number of benzene rings is 3. The highest BCUT2D eigenvalue weighted by molar-refractivity contribution is 7.93. The highest BCUT2D eigenvalue weighted by Crippen LogP contribution is 2.52. The molecule has 46 heavy (non-hydrogen) atoms. The third kappa shape index (κ3) is 7.95. The fourth-order valence-corrected chi connectivity index (χ4v) is 8.92. The third-order valence-electron chi connectivity index (χ3n) is 8.75. The molecule has 0 aromatic heterocycles. The lowest BCUT2D eigenvalue weighted by atomic mass is 9.66. The van der Waals surface area contributed by atoms with Crippen molar-refractivity contribution in [2.45, 2.75) is 75.6 Å². The van der Waals surface area contributed by atoms with Crippen molar-refractivity contribution in [3.8, 4) is 0 Å². The van der Waals surface area contributed by atoms with Crippen LogP contribution in [0.25, 0.3) is 0 Å². The molecule has 3 aromatic carbocycles.